The van der Waals surface area contributed by atoms with Crippen molar-refractivity contribution < 1.29 is 23.1 Å². The number of carbonyl (C=O) groups excluding carboxylic acids is 2. The second-order valence-corrected chi connectivity index (χ2v) is 10.7. The summed E-state index contributed by atoms with van der Waals surface area (Å²) in [6, 6.07) is 17.0. The van der Waals surface area contributed by atoms with Crippen LogP contribution in [0.3, 0.4) is 0 Å². The number of ether oxygens (including phenoxy) is 1. The lowest BCUT2D eigenvalue weighted by Gasteiger charge is -2.33. The van der Waals surface area contributed by atoms with E-state index in [0.717, 1.165) is 55.9 Å². The van der Waals surface area contributed by atoms with Gasteiger partial charge in [-0.25, -0.2) is 8.78 Å². The molecule has 2 aliphatic rings. The van der Waals surface area contributed by atoms with E-state index in [-0.39, 0.29) is 49.5 Å². The number of anilines is 1. The maximum absolute atomic E-state index is 13.6. The molecule has 1 heterocycles. The number of piperidine rings is 1. The molecule has 8 heteroatoms. The highest BCUT2D eigenvalue weighted by Crippen LogP contribution is 2.36. The van der Waals surface area contributed by atoms with Crippen LogP contribution in [0.2, 0.25) is 0 Å². The molecule has 1 saturated heterocycles. The summed E-state index contributed by atoms with van der Waals surface area (Å²) in [5.41, 5.74) is 1.80. The molecule has 1 saturated carbocycles. The quantitative estimate of drug-likeness (QED) is 0.409. The third-order valence-electron chi connectivity index (χ3n) is 7.90. The number of halogens is 2. The zero-order valence-electron chi connectivity index (χ0n) is 22.1. The fourth-order valence-electron chi connectivity index (χ4n) is 5.47. The first kappa shape index (κ1) is 28.0. The third kappa shape index (κ3) is 8.25. The fraction of sp³-hybridized carbons (Fsp3) is 0.533. The van der Waals surface area contributed by atoms with Gasteiger partial charge >= 0.3 is 0 Å². The largest absolute Gasteiger partial charge is 0.497 e. The number of hydrogen-bond acceptors (Lipinski definition) is 4. The van der Waals surface area contributed by atoms with Crippen LogP contribution >= 0.6 is 0 Å². The second kappa shape index (κ2) is 13.2. The lowest BCUT2D eigenvalue weighted by atomic mass is 9.86. The molecule has 1 aliphatic heterocycles. The smallest absolute Gasteiger partial charge is 0.248 e. The van der Waals surface area contributed by atoms with E-state index in [9.17, 15) is 18.4 Å². The Kier molecular flexibility index (Phi) is 9.72. The summed E-state index contributed by atoms with van der Waals surface area (Å²) in [6.45, 7) is 2.65. The van der Waals surface area contributed by atoms with E-state index in [0.29, 0.717) is 12.3 Å². The Morgan fingerprint density at radius 2 is 1.66 bits per heavy atom. The number of methoxy groups -OCH3 is 1. The minimum absolute atomic E-state index is 0.0287. The average Bonchev–Trinajstić information content (AvgIpc) is 2.92. The highest BCUT2D eigenvalue weighted by Gasteiger charge is 2.37. The molecular formula is C30H39F2N3O3. The van der Waals surface area contributed by atoms with Crippen molar-refractivity contribution >= 4 is 17.5 Å². The number of alkyl halides is 2. The van der Waals surface area contributed by atoms with Gasteiger partial charge in [-0.2, -0.15) is 0 Å². The molecule has 2 N–H and O–H groups in total. The van der Waals surface area contributed by atoms with E-state index in [4.69, 9.17) is 4.74 Å². The highest BCUT2D eigenvalue weighted by molar-refractivity contribution is 5.90. The molecule has 38 heavy (non-hydrogen) atoms. The van der Waals surface area contributed by atoms with E-state index in [1.807, 2.05) is 54.6 Å². The molecule has 1 atom stereocenters. The van der Waals surface area contributed by atoms with Crippen LogP contribution in [-0.2, 0) is 9.59 Å². The maximum atomic E-state index is 13.6. The van der Waals surface area contributed by atoms with Crippen molar-refractivity contribution in [1.29, 1.82) is 0 Å². The van der Waals surface area contributed by atoms with Crippen LogP contribution in [0, 0.1) is 11.8 Å². The van der Waals surface area contributed by atoms with Gasteiger partial charge in [0.05, 0.1) is 13.2 Å². The van der Waals surface area contributed by atoms with Crippen molar-refractivity contribution in [3.8, 4) is 5.75 Å². The van der Waals surface area contributed by atoms with E-state index >= 15 is 0 Å². The van der Waals surface area contributed by atoms with Gasteiger partial charge in [0, 0.05) is 37.4 Å². The van der Waals surface area contributed by atoms with Gasteiger partial charge in [-0.05, 0) is 80.9 Å². The van der Waals surface area contributed by atoms with Crippen LogP contribution in [0.4, 0.5) is 14.5 Å². The molecular weight excluding hydrogens is 488 g/mol. The molecule has 2 aromatic rings. The average molecular weight is 528 g/mol. The van der Waals surface area contributed by atoms with E-state index in [2.05, 4.69) is 15.5 Å². The monoisotopic (exact) mass is 527 g/mol. The molecule has 0 aromatic heterocycles. The summed E-state index contributed by atoms with van der Waals surface area (Å²) < 4.78 is 32.3. The molecule has 0 spiro atoms. The molecule has 0 unspecified atom stereocenters. The second-order valence-electron chi connectivity index (χ2n) is 10.7. The number of carbonyl (C=O) groups is 2. The number of amides is 2. The fourth-order valence-corrected chi connectivity index (χ4v) is 5.47. The van der Waals surface area contributed by atoms with Crippen molar-refractivity contribution in [2.45, 2.75) is 63.3 Å². The number of hydrogen-bond donors (Lipinski definition) is 2. The number of benzene rings is 2. The standard InChI is InChI=1S/C30H39F2N3O3/c1-38-26-9-7-25(8-10-26)33-28(36)21-22-13-18-35(19-14-22)20-15-27(23-5-3-2-4-6-23)34-29(37)24-11-16-30(31,32)17-12-24/h2-10,22,24,27H,11-21H2,1H3,(H,33,36)(H,34,37)/t27-/m0/s1. The van der Waals surface area contributed by atoms with Crippen LogP contribution in [0.25, 0.3) is 0 Å². The molecule has 2 aromatic carbocycles. The lowest BCUT2D eigenvalue weighted by Crippen LogP contribution is -2.40. The normalized spacial score (nSPS) is 19.4. The van der Waals surface area contributed by atoms with Crippen molar-refractivity contribution in [2.75, 3.05) is 32.1 Å². The zero-order valence-corrected chi connectivity index (χ0v) is 22.1. The van der Waals surface area contributed by atoms with Crippen LogP contribution in [0.15, 0.2) is 54.6 Å². The number of nitrogens with zero attached hydrogens (tertiary/aromatic N) is 1. The predicted molar refractivity (Wildman–Crippen MR) is 144 cm³/mol. The van der Waals surface area contributed by atoms with E-state index in [1.54, 1.807) is 7.11 Å². The minimum atomic E-state index is -2.64. The summed E-state index contributed by atoms with van der Waals surface area (Å²) >= 11 is 0. The first-order valence-electron chi connectivity index (χ1n) is 13.7. The number of rotatable bonds is 10. The molecule has 1 aliphatic carbocycles. The lowest BCUT2D eigenvalue weighted by molar-refractivity contribution is -0.130. The van der Waals surface area contributed by atoms with Gasteiger partial charge in [0.15, 0.2) is 0 Å². The van der Waals surface area contributed by atoms with E-state index in [1.165, 1.54) is 0 Å². The van der Waals surface area contributed by atoms with E-state index < -0.39 is 5.92 Å². The van der Waals surface area contributed by atoms with Crippen molar-refractivity contribution in [1.82, 2.24) is 10.2 Å². The first-order chi connectivity index (χ1) is 18.3. The SMILES string of the molecule is COc1ccc(NC(=O)CC2CCN(CC[C@H](NC(=O)C3CCC(F)(F)CC3)c3ccccc3)CC2)cc1. The van der Waals surface area contributed by atoms with Crippen LogP contribution in [0.5, 0.6) is 5.75 Å². The topological polar surface area (TPSA) is 70.7 Å². The van der Waals surface area contributed by atoms with Crippen LogP contribution < -0.4 is 15.4 Å². The van der Waals surface area contributed by atoms with Gasteiger partial charge in [0.2, 0.25) is 17.7 Å². The van der Waals surface area contributed by atoms with Crippen LogP contribution in [0.1, 0.15) is 63.0 Å². The molecule has 206 valence electrons. The third-order valence-corrected chi connectivity index (χ3v) is 7.90. The Labute approximate surface area is 224 Å². The molecule has 0 bridgehead atoms. The Morgan fingerprint density at radius 3 is 2.29 bits per heavy atom. The minimum Gasteiger partial charge on any atom is -0.497 e. The van der Waals surface area contributed by atoms with Crippen molar-refractivity contribution in [3.63, 3.8) is 0 Å². The van der Waals surface area contributed by atoms with Crippen LogP contribution in [-0.4, -0.2) is 49.4 Å². The molecule has 2 amide bonds. The summed E-state index contributed by atoms with van der Waals surface area (Å²) in [7, 11) is 1.61. The Morgan fingerprint density at radius 1 is 1.00 bits per heavy atom. The van der Waals surface area contributed by atoms with Crippen molar-refractivity contribution in [3.05, 3.63) is 60.2 Å². The summed E-state index contributed by atoms with van der Waals surface area (Å²) in [5, 5.41) is 6.13. The van der Waals surface area contributed by atoms with Gasteiger partial charge in [0.1, 0.15) is 5.75 Å². The summed E-state index contributed by atoms with van der Waals surface area (Å²) in [6.07, 6.45) is 3.20. The summed E-state index contributed by atoms with van der Waals surface area (Å²) in [4.78, 5) is 27.8. The highest BCUT2D eigenvalue weighted by atomic mass is 19.3. The Balaban J connectivity index is 1.23. The van der Waals surface area contributed by atoms with Gasteiger partial charge in [0.25, 0.3) is 0 Å². The molecule has 6 nitrogen and oxygen atoms in total. The number of nitrogens with one attached hydrogen (secondary N) is 2. The first-order valence-corrected chi connectivity index (χ1v) is 13.7. The molecule has 0 radical (unpaired) electrons. The molecule has 2 fully saturated rings. The van der Waals surface area contributed by atoms with Gasteiger partial charge in [-0.1, -0.05) is 30.3 Å². The van der Waals surface area contributed by atoms with Gasteiger partial charge < -0.3 is 20.3 Å². The Hall–Kier alpha value is -3.00. The predicted octanol–water partition coefficient (Wildman–Crippen LogP) is 5.81. The van der Waals surface area contributed by atoms with Gasteiger partial charge in [-0.15, -0.1) is 0 Å². The van der Waals surface area contributed by atoms with Crippen molar-refractivity contribution in [2.24, 2.45) is 11.8 Å². The number of likely N-dealkylation sites (tertiary alicyclic amines) is 1. The maximum Gasteiger partial charge on any atom is 0.248 e. The molecule has 4 rings (SSSR count). The Bertz CT molecular complexity index is 1030. The van der Waals surface area contributed by atoms with Gasteiger partial charge in [-0.3, -0.25) is 9.59 Å². The summed E-state index contributed by atoms with van der Waals surface area (Å²) in [5.74, 6) is -1.97. The zero-order chi connectivity index (χ0) is 27.0.